The van der Waals surface area contributed by atoms with Crippen molar-refractivity contribution in [3.63, 3.8) is 0 Å². The van der Waals surface area contributed by atoms with Gasteiger partial charge < -0.3 is 0 Å². The molecular formula is C17H12Br2. The van der Waals surface area contributed by atoms with Gasteiger partial charge in [0.05, 0.1) is 0 Å². The highest BCUT2D eigenvalue weighted by Crippen LogP contribution is 2.39. The van der Waals surface area contributed by atoms with E-state index in [1.807, 2.05) is 0 Å². The molecule has 0 atom stereocenters. The molecule has 2 heteroatoms. The smallest absolute Gasteiger partial charge is 0.0181 e. The molecule has 1 aliphatic carbocycles. The van der Waals surface area contributed by atoms with Crippen molar-refractivity contribution in [1.82, 2.24) is 0 Å². The molecule has 0 N–H and O–H groups in total. The highest BCUT2D eigenvalue weighted by Gasteiger charge is 2.18. The van der Waals surface area contributed by atoms with Crippen molar-refractivity contribution < 1.29 is 0 Å². The van der Waals surface area contributed by atoms with E-state index in [9.17, 15) is 0 Å². The Morgan fingerprint density at radius 1 is 0.632 bits per heavy atom. The molecule has 19 heavy (non-hydrogen) atoms. The number of aryl methyl sites for hydroxylation is 2. The molecule has 0 aromatic heterocycles. The molecule has 0 fully saturated rings. The van der Waals surface area contributed by atoms with Crippen LogP contribution >= 0.6 is 31.9 Å². The van der Waals surface area contributed by atoms with Crippen LogP contribution in [0.1, 0.15) is 17.5 Å². The molecule has 4 rings (SSSR count). The maximum atomic E-state index is 3.61. The molecule has 3 aromatic rings. The van der Waals surface area contributed by atoms with Gasteiger partial charge in [-0.15, -0.1) is 0 Å². The molecule has 0 bridgehead atoms. The summed E-state index contributed by atoms with van der Waals surface area (Å²) in [5.41, 5.74) is 3.13. The third kappa shape index (κ3) is 1.77. The van der Waals surface area contributed by atoms with E-state index in [4.69, 9.17) is 0 Å². The highest BCUT2D eigenvalue weighted by molar-refractivity contribution is 9.10. The zero-order valence-electron chi connectivity index (χ0n) is 10.3. The number of rotatable bonds is 0. The summed E-state index contributed by atoms with van der Waals surface area (Å²) in [4.78, 5) is 0. The summed E-state index contributed by atoms with van der Waals surface area (Å²) in [7, 11) is 0. The Bertz CT molecular complexity index is 750. The SMILES string of the molecule is Brc1ccc2c3c(c4ccc(Br)cc4c2c1)CCC3. The van der Waals surface area contributed by atoms with Crippen LogP contribution in [0.4, 0.5) is 0 Å². The summed E-state index contributed by atoms with van der Waals surface area (Å²) in [5.74, 6) is 0. The van der Waals surface area contributed by atoms with Gasteiger partial charge >= 0.3 is 0 Å². The summed E-state index contributed by atoms with van der Waals surface area (Å²) in [6.07, 6.45) is 3.73. The van der Waals surface area contributed by atoms with Crippen molar-refractivity contribution in [2.24, 2.45) is 0 Å². The number of benzene rings is 3. The van der Waals surface area contributed by atoms with Gasteiger partial charge in [-0.05, 0) is 76.2 Å². The molecule has 1 aliphatic rings. The number of halogens is 2. The van der Waals surface area contributed by atoms with Crippen LogP contribution in [0.5, 0.6) is 0 Å². The van der Waals surface area contributed by atoms with E-state index >= 15 is 0 Å². The Balaban J connectivity index is 2.30. The predicted molar refractivity (Wildman–Crippen MR) is 88.9 cm³/mol. The predicted octanol–water partition coefficient (Wildman–Crippen LogP) is 6.01. The fourth-order valence-electron chi connectivity index (χ4n) is 3.34. The zero-order valence-corrected chi connectivity index (χ0v) is 13.5. The average Bonchev–Trinajstić information content (AvgIpc) is 2.88. The Kier molecular flexibility index (Phi) is 2.71. The summed E-state index contributed by atoms with van der Waals surface area (Å²) >= 11 is 7.21. The molecule has 0 saturated carbocycles. The minimum atomic E-state index is 1.15. The standard InChI is InChI=1S/C17H12Br2/c18-10-4-6-14-12-2-1-3-13(12)15-7-5-11(19)9-17(15)16(14)8-10/h4-9H,1-3H2. The van der Waals surface area contributed by atoms with E-state index in [2.05, 4.69) is 68.3 Å². The minimum absolute atomic E-state index is 1.15. The van der Waals surface area contributed by atoms with Crippen molar-refractivity contribution >= 4 is 53.4 Å². The lowest BCUT2D eigenvalue weighted by atomic mass is 9.93. The van der Waals surface area contributed by atoms with Crippen molar-refractivity contribution in [1.29, 1.82) is 0 Å². The van der Waals surface area contributed by atoms with Crippen molar-refractivity contribution in [3.8, 4) is 0 Å². The lowest BCUT2D eigenvalue weighted by Gasteiger charge is -2.12. The molecule has 3 aromatic carbocycles. The second-order valence-electron chi connectivity index (χ2n) is 5.19. The van der Waals surface area contributed by atoms with Crippen LogP contribution in [0, 0.1) is 0 Å². The first kappa shape index (κ1) is 11.9. The van der Waals surface area contributed by atoms with Crippen LogP contribution in [0.2, 0.25) is 0 Å². The average molecular weight is 376 g/mol. The van der Waals surface area contributed by atoms with Gasteiger partial charge in [-0.1, -0.05) is 44.0 Å². The molecule has 0 unspecified atom stereocenters. The number of hydrogen-bond acceptors (Lipinski definition) is 0. The maximum Gasteiger partial charge on any atom is 0.0181 e. The van der Waals surface area contributed by atoms with Gasteiger partial charge in [0, 0.05) is 8.95 Å². The Morgan fingerprint density at radius 3 is 1.58 bits per heavy atom. The van der Waals surface area contributed by atoms with Gasteiger partial charge in [0.1, 0.15) is 0 Å². The van der Waals surface area contributed by atoms with Crippen LogP contribution in [0.25, 0.3) is 21.5 Å². The molecular weight excluding hydrogens is 364 g/mol. The van der Waals surface area contributed by atoms with E-state index in [1.54, 1.807) is 11.1 Å². The summed E-state index contributed by atoms with van der Waals surface area (Å²) in [6, 6.07) is 13.4. The largest absolute Gasteiger partial charge is 0.0530 e. The topological polar surface area (TPSA) is 0 Å². The molecule has 94 valence electrons. The molecule has 0 heterocycles. The van der Waals surface area contributed by atoms with E-state index in [0.29, 0.717) is 0 Å². The summed E-state index contributed by atoms with van der Waals surface area (Å²) in [5, 5.41) is 5.60. The highest BCUT2D eigenvalue weighted by atomic mass is 79.9. The van der Waals surface area contributed by atoms with Crippen molar-refractivity contribution in [2.45, 2.75) is 19.3 Å². The third-order valence-corrected chi connectivity index (χ3v) is 5.11. The van der Waals surface area contributed by atoms with Gasteiger partial charge in [-0.25, -0.2) is 0 Å². The van der Waals surface area contributed by atoms with E-state index < -0.39 is 0 Å². The molecule has 0 nitrogen and oxygen atoms in total. The van der Waals surface area contributed by atoms with Crippen LogP contribution in [0.15, 0.2) is 45.3 Å². The normalized spacial score (nSPS) is 14.2. The Morgan fingerprint density at radius 2 is 1.11 bits per heavy atom. The second-order valence-corrected chi connectivity index (χ2v) is 7.02. The molecule has 0 amide bonds. The van der Waals surface area contributed by atoms with Gasteiger partial charge in [-0.2, -0.15) is 0 Å². The first-order valence-corrected chi connectivity index (χ1v) is 8.15. The number of hydrogen-bond donors (Lipinski definition) is 0. The van der Waals surface area contributed by atoms with Crippen LogP contribution < -0.4 is 0 Å². The van der Waals surface area contributed by atoms with Gasteiger partial charge in [0.2, 0.25) is 0 Å². The monoisotopic (exact) mass is 374 g/mol. The maximum absolute atomic E-state index is 3.61. The zero-order chi connectivity index (χ0) is 13.0. The van der Waals surface area contributed by atoms with Gasteiger partial charge in [0.15, 0.2) is 0 Å². The Labute approximate surface area is 129 Å². The van der Waals surface area contributed by atoms with Crippen LogP contribution in [0.3, 0.4) is 0 Å². The second kappa shape index (κ2) is 4.32. The quantitative estimate of drug-likeness (QED) is 0.422. The molecule has 0 spiro atoms. The fourth-order valence-corrected chi connectivity index (χ4v) is 4.07. The first-order valence-electron chi connectivity index (χ1n) is 6.56. The number of fused-ring (bicyclic) bond motifs is 6. The minimum Gasteiger partial charge on any atom is -0.0530 e. The first-order chi connectivity index (χ1) is 9.24. The van der Waals surface area contributed by atoms with Crippen molar-refractivity contribution in [2.75, 3.05) is 0 Å². The van der Waals surface area contributed by atoms with Gasteiger partial charge in [-0.3, -0.25) is 0 Å². The van der Waals surface area contributed by atoms with Crippen LogP contribution in [-0.4, -0.2) is 0 Å². The summed E-state index contributed by atoms with van der Waals surface area (Å²) in [6.45, 7) is 0. The lowest BCUT2D eigenvalue weighted by molar-refractivity contribution is 0.915. The fraction of sp³-hybridized carbons (Fsp3) is 0.176. The van der Waals surface area contributed by atoms with E-state index in [0.717, 1.165) is 8.95 Å². The Hall–Kier alpha value is -0.860. The lowest BCUT2D eigenvalue weighted by Crippen LogP contribution is -1.89. The van der Waals surface area contributed by atoms with E-state index in [-0.39, 0.29) is 0 Å². The van der Waals surface area contributed by atoms with Gasteiger partial charge in [0.25, 0.3) is 0 Å². The molecule has 0 radical (unpaired) electrons. The van der Waals surface area contributed by atoms with Crippen molar-refractivity contribution in [3.05, 3.63) is 56.5 Å². The summed E-state index contributed by atoms with van der Waals surface area (Å²) < 4.78 is 2.30. The molecule has 0 saturated heterocycles. The third-order valence-electron chi connectivity index (χ3n) is 4.12. The van der Waals surface area contributed by atoms with E-state index in [1.165, 1.54) is 40.8 Å². The van der Waals surface area contributed by atoms with Crippen LogP contribution in [-0.2, 0) is 12.8 Å². The molecule has 0 aliphatic heterocycles.